The van der Waals surface area contributed by atoms with Crippen LogP contribution in [-0.4, -0.2) is 25.0 Å². The van der Waals surface area contributed by atoms with Gasteiger partial charge in [0.2, 0.25) is 5.91 Å². The zero-order valence-corrected chi connectivity index (χ0v) is 18.0. The molecule has 0 saturated heterocycles. The standard InChI is InChI=1S/C25H24N2O3S/c28-23(15-27-20-8-3-4-9-21(20)30-16-24(27)29)26-25(22-10-5-13-31-22)19-12-11-17-6-1-2-7-18(17)14-19/h3-5,8-14,25H,1-2,6-7,15-16H2,(H,26,28)/t25-/m0/s1. The number of thiophene rings is 1. The van der Waals surface area contributed by atoms with Crippen LogP contribution in [0.15, 0.2) is 60.0 Å². The molecule has 6 heteroatoms. The zero-order chi connectivity index (χ0) is 21.2. The Morgan fingerprint density at radius 1 is 1.06 bits per heavy atom. The van der Waals surface area contributed by atoms with Crippen molar-refractivity contribution in [2.75, 3.05) is 18.1 Å². The summed E-state index contributed by atoms with van der Waals surface area (Å²) >= 11 is 1.63. The summed E-state index contributed by atoms with van der Waals surface area (Å²) in [5.41, 5.74) is 4.53. The summed E-state index contributed by atoms with van der Waals surface area (Å²) in [6.45, 7) is -0.0878. The van der Waals surface area contributed by atoms with Crippen LogP contribution < -0.4 is 15.0 Å². The first kappa shape index (κ1) is 19.8. The maximum Gasteiger partial charge on any atom is 0.265 e. The number of anilines is 1. The third-order valence-corrected chi connectivity index (χ3v) is 6.89. The molecule has 158 valence electrons. The summed E-state index contributed by atoms with van der Waals surface area (Å²) in [4.78, 5) is 28.1. The molecule has 2 aromatic carbocycles. The Balaban J connectivity index is 1.39. The number of nitrogens with one attached hydrogen (secondary N) is 1. The van der Waals surface area contributed by atoms with Gasteiger partial charge in [0.15, 0.2) is 6.61 Å². The number of ether oxygens (including phenoxy) is 1. The summed E-state index contributed by atoms with van der Waals surface area (Å²) in [5.74, 6) is 0.218. The van der Waals surface area contributed by atoms with Gasteiger partial charge >= 0.3 is 0 Å². The molecule has 0 saturated carbocycles. The minimum atomic E-state index is -0.230. The molecular formula is C25H24N2O3S. The van der Waals surface area contributed by atoms with Crippen LogP contribution in [0.3, 0.4) is 0 Å². The molecule has 0 bridgehead atoms. The predicted molar refractivity (Wildman–Crippen MR) is 122 cm³/mol. The average Bonchev–Trinajstić information content (AvgIpc) is 3.34. The van der Waals surface area contributed by atoms with Gasteiger partial charge < -0.3 is 10.1 Å². The van der Waals surface area contributed by atoms with Gasteiger partial charge in [0, 0.05) is 4.88 Å². The van der Waals surface area contributed by atoms with Crippen LogP contribution in [0.1, 0.15) is 40.5 Å². The molecule has 1 aliphatic carbocycles. The maximum absolute atomic E-state index is 13.1. The fourth-order valence-electron chi connectivity index (χ4n) is 4.38. The van der Waals surface area contributed by atoms with E-state index in [4.69, 9.17) is 4.74 Å². The summed E-state index contributed by atoms with van der Waals surface area (Å²) < 4.78 is 5.49. The van der Waals surface area contributed by atoms with E-state index in [0.29, 0.717) is 11.4 Å². The monoisotopic (exact) mass is 432 g/mol. The summed E-state index contributed by atoms with van der Waals surface area (Å²) in [6, 6.07) is 17.7. The molecule has 31 heavy (non-hydrogen) atoms. The van der Waals surface area contributed by atoms with Gasteiger partial charge in [0.25, 0.3) is 5.91 Å². The Hall–Kier alpha value is -3.12. The number of para-hydroxylation sites is 2. The Kier molecular flexibility index (Phi) is 5.47. The molecule has 0 spiro atoms. The van der Waals surface area contributed by atoms with Gasteiger partial charge in [-0.2, -0.15) is 0 Å². The second-order valence-electron chi connectivity index (χ2n) is 7.99. The van der Waals surface area contributed by atoms with Crippen LogP contribution in [0.4, 0.5) is 5.69 Å². The Morgan fingerprint density at radius 3 is 2.74 bits per heavy atom. The lowest BCUT2D eigenvalue weighted by Gasteiger charge is -2.29. The highest BCUT2D eigenvalue weighted by Crippen LogP contribution is 2.32. The first-order chi connectivity index (χ1) is 15.2. The van der Waals surface area contributed by atoms with Crippen molar-refractivity contribution < 1.29 is 14.3 Å². The maximum atomic E-state index is 13.1. The van der Waals surface area contributed by atoms with E-state index in [-0.39, 0.29) is 31.0 Å². The van der Waals surface area contributed by atoms with Crippen LogP contribution in [0.25, 0.3) is 0 Å². The van der Waals surface area contributed by atoms with E-state index in [1.807, 2.05) is 35.7 Å². The molecule has 5 rings (SSSR count). The lowest BCUT2D eigenvalue weighted by molar-refractivity contribution is -0.125. The normalized spacial score (nSPS) is 16.1. The first-order valence-electron chi connectivity index (χ1n) is 10.7. The topological polar surface area (TPSA) is 58.6 Å². The lowest BCUT2D eigenvalue weighted by atomic mass is 9.89. The number of carbonyl (C=O) groups excluding carboxylic acids is 2. The molecule has 2 heterocycles. The van der Waals surface area contributed by atoms with E-state index in [1.165, 1.54) is 28.9 Å². The molecule has 1 atom stereocenters. The molecule has 5 nitrogen and oxygen atoms in total. The molecule has 3 aromatic rings. The number of hydrogen-bond acceptors (Lipinski definition) is 4. The highest BCUT2D eigenvalue weighted by atomic mass is 32.1. The van der Waals surface area contributed by atoms with Crippen molar-refractivity contribution in [1.82, 2.24) is 5.32 Å². The van der Waals surface area contributed by atoms with E-state index in [1.54, 1.807) is 17.4 Å². The number of nitrogens with zero attached hydrogens (tertiary/aromatic N) is 1. The van der Waals surface area contributed by atoms with Gasteiger partial charge in [-0.05, 0) is 66.0 Å². The van der Waals surface area contributed by atoms with Gasteiger partial charge in [0.1, 0.15) is 12.3 Å². The van der Waals surface area contributed by atoms with Crippen LogP contribution in [0.2, 0.25) is 0 Å². The molecule has 1 N–H and O–H groups in total. The SMILES string of the molecule is O=C(CN1C(=O)COc2ccccc21)N[C@@H](c1ccc2c(c1)CCCC2)c1cccs1. The Labute approximate surface area is 185 Å². The number of hydrogen-bond donors (Lipinski definition) is 1. The number of rotatable bonds is 5. The molecule has 2 amide bonds. The van der Waals surface area contributed by atoms with Crippen molar-refractivity contribution in [3.05, 3.63) is 81.5 Å². The molecule has 2 aliphatic rings. The zero-order valence-electron chi connectivity index (χ0n) is 17.2. The predicted octanol–water partition coefficient (Wildman–Crippen LogP) is 4.26. The number of fused-ring (bicyclic) bond motifs is 2. The number of carbonyl (C=O) groups is 2. The van der Waals surface area contributed by atoms with Crippen LogP contribution >= 0.6 is 11.3 Å². The van der Waals surface area contributed by atoms with Crippen molar-refractivity contribution in [3.8, 4) is 5.75 Å². The molecule has 0 unspecified atom stereocenters. The van der Waals surface area contributed by atoms with Crippen LogP contribution in [0, 0.1) is 0 Å². The molecule has 1 aromatic heterocycles. The second kappa shape index (κ2) is 8.55. The van der Waals surface area contributed by atoms with Crippen LogP contribution in [0.5, 0.6) is 5.75 Å². The van der Waals surface area contributed by atoms with Crippen molar-refractivity contribution in [2.24, 2.45) is 0 Å². The van der Waals surface area contributed by atoms with Gasteiger partial charge in [0.05, 0.1) is 11.7 Å². The van der Waals surface area contributed by atoms with Crippen molar-refractivity contribution in [2.45, 2.75) is 31.7 Å². The van der Waals surface area contributed by atoms with Crippen molar-refractivity contribution in [1.29, 1.82) is 0 Å². The average molecular weight is 433 g/mol. The van der Waals surface area contributed by atoms with E-state index < -0.39 is 0 Å². The van der Waals surface area contributed by atoms with E-state index in [9.17, 15) is 9.59 Å². The Morgan fingerprint density at radius 2 is 1.90 bits per heavy atom. The molecule has 0 fully saturated rings. The summed E-state index contributed by atoms with van der Waals surface area (Å²) in [5, 5.41) is 5.20. The van der Waals surface area contributed by atoms with Crippen LogP contribution in [-0.2, 0) is 22.4 Å². The first-order valence-corrected chi connectivity index (χ1v) is 11.5. The third-order valence-electron chi connectivity index (χ3n) is 5.95. The molecular weight excluding hydrogens is 408 g/mol. The third kappa shape index (κ3) is 4.08. The number of aryl methyl sites for hydroxylation is 2. The fraction of sp³-hybridized carbons (Fsp3) is 0.280. The van der Waals surface area contributed by atoms with Gasteiger partial charge in [-0.25, -0.2) is 0 Å². The highest BCUT2D eigenvalue weighted by Gasteiger charge is 2.28. The second-order valence-corrected chi connectivity index (χ2v) is 8.97. The van der Waals surface area contributed by atoms with Crippen molar-refractivity contribution >= 4 is 28.8 Å². The van der Waals surface area contributed by atoms with E-state index in [2.05, 4.69) is 23.5 Å². The quantitative estimate of drug-likeness (QED) is 0.656. The van der Waals surface area contributed by atoms with E-state index in [0.717, 1.165) is 23.3 Å². The summed E-state index contributed by atoms with van der Waals surface area (Å²) in [7, 11) is 0. The Bertz CT molecular complexity index is 1110. The molecule has 1 aliphatic heterocycles. The van der Waals surface area contributed by atoms with Crippen molar-refractivity contribution in [3.63, 3.8) is 0 Å². The van der Waals surface area contributed by atoms with Gasteiger partial charge in [-0.15, -0.1) is 11.3 Å². The number of benzene rings is 2. The van der Waals surface area contributed by atoms with Gasteiger partial charge in [-0.3, -0.25) is 14.5 Å². The molecule has 0 radical (unpaired) electrons. The minimum absolute atomic E-state index is 0.0357. The largest absolute Gasteiger partial charge is 0.482 e. The van der Waals surface area contributed by atoms with E-state index >= 15 is 0 Å². The summed E-state index contributed by atoms with van der Waals surface area (Å²) in [6.07, 6.45) is 4.68. The fourth-order valence-corrected chi connectivity index (χ4v) is 5.19. The van der Waals surface area contributed by atoms with Gasteiger partial charge in [-0.1, -0.05) is 36.4 Å². The highest BCUT2D eigenvalue weighted by molar-refractivity contribution is 7.10. The minimum Gasteiger partial charge on any atom is -0.482 e. The lowest BCUT2D eigenvalue weighted by Crippen LogP contribution is -2.45. The number of amides is 2. The smallest absolute Gasteiger partial charge is 0.265 e.